The average Bonchev–Trinajstić information content (AvgIpc) is 2.74. The molecule has 0 aliphatic heterocycles. The van der Waals surface area contributed by atoms with Crippen molar-refractivity contribution in [1.29, 1.82) is 0 Å². The van der Waals surface area contributed by atoms with Crippen molar-refractivity contribution in [2.45, 2.75) is 40.3 Å². The highest BCUT2D eigenvalue weighted by atomic mass is 16.2. The van der Waals surface area contributed by atoms with Crippen molar-refractivity contribution >= 4 is 5.91 Å². The number of fused-ring (bicyclic) bond motifs is 1. The van der Waals surface area contributed by atoms with E-state index in [2.05, 4.69) is 57.2 Å². The summed E-state index contributed by atoms with van der Waals surface area (Å²) in [7, 11) is 0. The van der Waals surface area contributed by atoms with Crippen LogP contribution < -0.4 is 0 Å². The van der Waals surface area contributed by atoms with Crippen LogP contribution in [0.25, 0.3) is 0 Å². The average molecular weight is 386 g/mol. The first-order valence-corrected chi connectivity index (χ1v) is 10.8. The molecule has 0 radical (unpaired) electrons. The summed E-state index contributed by atoms with van der Waals surface area (Å²) < 4.78 is 0. The van der Waals surface area contributed by atoms with Crippen LogP contribution in [0.4, 0.5) is 0 Å². The monoisotopic (exact) mass is 385 g/mol. The highest BCUT2D eigenvalue weighted by Gasteiger charge is 2.40. The van der Waals surface area contributed by atoms with Gasteiger partial charge in [0.2, 0.25) is 0 Å². The maximum Gasteiger partial charge on any atom is 0.250 e. The molecule has 5 rings (SSSR count). The summed E-state index contributed by atoms with van der Waals surface area (Å²) in [4.78, 5) is 15.8. The SMILES string of the molecule is CC1=CC2C(C(=O)N(Cc3ccccc3)Cc3ccccc3)=CC1CC2C(C)C. The molecular weight excluding hydrogens is 354 g/mol. The molecule has 0 N–H and O–H groups in total. The Morgan fingerprint density at radius 2 is 1.48 bits per heavy atom. The Balaban J connectivity index is 1.63. The molecule has 0 fully saturated rings. The van der Waals surface area contributed by atoms with Gasteiger partial charge in [-0.1, -0.05) is 92.2 Å². The van der Waals surface area contributed by atoms with E-state index in [1.165, 1.54) is 23.1 Å². The van der Waals surface area contributed by atoms with E-state index >= 15 is 0 Å². The maximum atomic E-state index is 13.8. The van der Waals surface area contributed by atoms with Gasteiger partial charge < -0.3 is 4.90 Å². The molecule has 2 aromatic carbocycles. The van der Waals surface area contributed by atoms with Gasteiger partial charge in [0.25, 0.3) is 5.91 Å². The lowest BCUT2D eigenvalue weighted by molar-refractivity contribution is -0.129. The summed E-state index contributed by atoms with van der Waals surface area (Å²) in [5.74, 6) is 2.01. The largest absolute Gasteiger partial charge is 0.330 e. The van der Waals surface area contributed by atoms with E-state index in [0.29, 0.717) is 30.8 Å². The van der Waals surface area contributed by atoms with Crippen LogP contribution in [0.15, 0.2) is 84.0 Å². The van der Waals surface area contributed by atoms with Gasteiger partial charge in [0.15, 0.2) is 0 Å². The van der Waals surface area contributed by atoms with E-state index in [-0.39, 0.29) is 11.8 Å². The van der Waals surface area contributed by atoms with Crippen LogP contribution in [0.3, 0.4) is 0 Å². The van der Waals surface area contributed by atoms with Crippen molar-refractivity contribution in [3.8, 4) is 0 Å². The Morgan fingerprint density at radius 1 is 0.931 bits per heavy atom. The minimum Gasteiger partial charge on any atom is -0.330 e. The first kappa shape index (κ1) is 19.7. The smallest absolute Gasteiger partial charge is 0.250 e. The van der Waals surface area contributed by atoms with Gasteiger partial charge in [-0.3, -0.25) is 4.79 Å². The van der Waals surface area contributed by atoms with E-state index in [1.54, 1.807) is 0 Å². The lowest BCUT2D eigenvalue weighted by Crippen LogP contribution is -2.40. The van der Waals surface area contributed by atoms with Crippen LogP contribution in [-0.2, 0) is 17.9 Å². The number of allylic oxidation sites excluding steroid dienone is 3. The number of carbonyl (C=O) groups excluding carboxylic acids is 1. The molecule has 0 saturated carbocycles. The predicted molar refractivity (Wildman–Crippen MR) is 119 cm³/mol. The summed E-state index contributed by atoms with van der Waals surface area (Å²) >= 11 is 0. The summed E-state index contributed by atoms with van der Waals surface area (Å²) in [5, 5.41) is 0. The third-order valence-corrected chi connectivity index (χ3v) is 6.58. The Bertz CT molecular complexity index is 869. The Labute approximate surface area is 174 Å². The standard InChI is InChI=1S/C27H31NO/c1-19(2)24-15-23-16-26(25(24)14-20(23)3)27(29)28(17-21-10-6-4-7-11-21)18-22-12-8-5-9-13-22/h4-14,16,19,23-25H,15,17-18H2,1-3H3. The lowest BCUT2D eigenvalue weighted by atomic mass is 9.63. The topological polar surface area (TPSA) is 20.3 Å². The molecule has 2 nitrogen and oxygen atoms in total. The fourth-order valence-corrected chi connectivity index (χ4v) is 4.89. The molecule has 2 aromatic rings. The predicted octanol–water partition coefficient (Wildman–Crippen LogP) is 6.01. The van der Waals surface area contributed by atoms with Gasteiger partial charge in [-0.05, 0) is 42.2 Å². The molecule has 2 heteroatoms. The molecular formula is C27H31NO. The molecule has 1 amide bonds. The molecule has 0 aromatic heterocycles. The fourth-order valence-electron chi connectivity index (χ4n) is 4.89. The number of hydrogen-bond acceptors (Lipinski definition) is 1. The second kappa shape index (κ2) is 8.41. The number of benzene rings is 2. The number of rotatable bonds is 6. The molecule has 0 heterocycles. The summed E-state index contributed by atoms with van der Waals surface area (Å²) in [6, 6.07) is 20.6. The summed E-state index contributed by atoms with van der Waals surface area (Å²) in [6.45, 7) is 8.08. The van der Waals surface area contributed by atoms with E-state index < -0.39 is 0 Å². The van der Waals surface area contributed by atoms with Crippen molar-refractivity contribution in [3.63, 3.8) is 0 Å². The molecule has 3 atom stereocenters. The van der Waals surface area contributed by atoms with E-state index in [4.69, 9.17) is 0 Å². The molecule has 3 unspecified atom stereocenters. The quantitative estimate of drug-likeness (QED) is 0.558. The number of carbonyl (C=O) groups is 1. The number of nitrogens with zero attached hydrogens (tertiary/aromatic N) is 1. The highest BCUT2D eigenvalue weighted by Crippen LogP contribution is 2.47. The Morgan fingerprint density at radius 3 is 1.97 bits per heavy atom. The van der Waals surface area contributed by atoms with E-state index in [9.17, 15) is 4.79 Å². The van der Waals surface area contributed by atoms with Crippen molar-refractivity contribution in [1.82, 2.24) is 4.90 Å². The molecule has 29 heavy (non-hydrogen) atoms. The molecule has 0 saturated heterocycles. The zero-order valence-corrected chi connectivity index (χ0v) is 17.7. The zero-order valence-electron chi connectivity index (χ0n) is 17.7. The molecule has 3 aliphatic rings. The third kappa shape index (κ3) is 4.22. The zero-order chi connectivity index (χ0) is 20.4. The number of hydrogen-bond donors (Lipinski definition) is 0. The van der Waals surface area contributed by atoms with Gasteiger partial charge in [0.1, 0.15) is 0 Å². The first-order chi connectivity index (χ1) is 14.0. The van der Waals surface area contributed by atoms with Crippen LogP contribution in [0.1, 0.15) is 38.3 Å². The highest BCUT2D eigenvalue weighted by molar-refractivity contribution is 5.95. The summed E-state index contributed by atoms with van der Waals surface area (Å²) in [6.07, 6.45) is 5.82. The van der Waals surface area contributed by atoms with E-state index in [0.717, 1.165) is 5.57 Å². The number of amides is 1. The van der Waals surface area contributed by atoms with Crippen LogP contribution in [0.2, 0.25) is 0 Å². The lowest BCUT2D eigenvalue weighted by Gasteiger charge is -2.43. The van der Waals surface area contributed by atoms with Crippen LogP contribution in [0, 0.1) is 23.7 Å². The first-order valence-electron chi connectivity index (χ1n) is 10.8. The van der Waals surface area contributed by atoms with Crippen LogP contribution in [-0.4, -0.2) is 10.8 Å². The molecule has 2 bridgehead atoms. The Hall–Kier alpha value is -2.61. The minimum absolute atomic E-state index is 0.196. The van der Waals surface area contributed by atoms with Crippen molar-refractivity contribution in [3.05, 3.63) is 95.1 Å². The third-order valence-electron chi connectivity index (χ3n) is 6.58. The summed E-state index contributed by atoms with van der Waals surface area (Å²) in [5.41, 5.74) is 4.79. The second-order valence-electron chi connectivity index (χ2n) is 8.94. The van der Waals surface area contributed by atoms with Gasteiger partial charge in [-0.25, -0.2) is 0 Å². The fraction of sp³-hybridized carbons (Fsp3) is 0.370. The van der Waals surface area contributed by atoms with Gasteiger partial charge in [-0.15, -0.1) is 0 Å². The Kier molecular flexibility index (Phi) is 5.71. The van der Waals surface area contributed by atoms with Gasteiger partial charge in [-0.2, -0.15) is 0 Å². The van der Waals surface area contributed by atoms with Crippen LogP contribution >= 0.6 is 0 Å². The van der Waals surface area contributed by atoms with Crippen molar-refractivity contribution < 1.29 is 4.79 Å². The molecule has 150 valence electrons. The normalized spacial score (nSPS) is 23.0. The maximum absolute atomic E-state index is 13.8. The van der Waals surface area contributed by atoms with Crippen LogP contribution in [0.5, 0.6) is 0 Å². The van der Waals surface area contributed by atoms with Crippen molar-refractivity contribution in [2.75, 3.05) is 0 Å². The van der Waals surface area contributed by atoms with Gasteiger partial charge in [0.05, 0.1) is 0 Å². The van der Waals surface area contributed by atoms with Gasteiger partial charge >= 0.3 is 0 Å². The molecule has 0 spiro atoms. The second-order valence-corrected chi connectivity index (χ2v) is 8.94. The minimum atomic E-state index is 0.196. The van der Waals surface area contributed by atoms with Gasteiger partial charge in [0, 0.05) is 24.6 Å². The molecule has 3 aliphatic carbocycles. The van der Waals surface area contributed by atoms with E-state index in [1.807, 2.05) is 41.3 Å². The van der Waals surface area contributed by atoms with Crippen molar-refractivity contribution in [2.24, 2.45) is 23.7 Å².